The summed E-state index contributed by atoms with van der Waals surface area (Å²) in [6.45, 7) is 0. The number of aliphatic hydroxyl groups excluding tert-OH is 1. The van der Waals surface area contributed by atoms with Crippen LogP contribution >= 0.6 is 31.9 Å². The second-order valence-corrected chi connectivity index (χ2v) is 7.79. The van der Waals surface area contributed by atoms with E-state index in [4.69, 9.17) is 8.83 Å². The van der Waals surface area contributed by atoms with E-state index in [2.05, 4.69) is 31.9 Å². The van der Waals surface area contributed by atoms with Gasteiger partial charge in [0, 0.05) is 41.2 Å². The summed E-state index contributed by atoms with van der Waals surface area (Å²) in [6, 6.07) is 3.63. The molecule has 1 unspecified atom stereocenters. The van der Waals surface area contributed by atoms with Crippen molar-refractivity contribution in [3.8, 4) is 0 Å². The summed E-state index contributed by atoms with van der Waals surface area (Å²) < 4.78 is 12.4. The summed E-state index contributed by atoms with van der Waals surface area (Å²) in [5.41, 5.74) is 3.93. The molecule has 2 aromatic heterocycles. The number of fused-ring (bicyclic) bond motifs is 7. The fourth-order valence-electron chi connectivity index (χ4n) is 3.96. The molecule has 0 bridgehead atoms. The van der Waals surface area contributed by atoms with Gasteiger partial charge in [0.15, 0.2) is 15.6 Å². The van der Waals surface area contributed by atoms with Crippen LogP contribution in [0.1, 0.15) is 22.6 Å². The molecule has 4 aliphatic rings. The molecular weight excluding hydrogens is 468 g/mol. The molecule has 4 aliphatic heterocycles. The minimum absolute atomic E-state index is 0.177. The first-order valence-electron chi connectivity index (χ1n) is 7.79. The quantitative estimate of drug-likeness (QED) is 0.624. The molecule has 2 aromatic rings. The van der Waals surface area contributed by atoms with Crippen molar-refractivity contribution in [3.63, 3.8) is 0 Å². The SMILES string of the molecule is O=C1C2=C3c4cc(Br)oc4C=CN3C(O)C2=C2c3cc(Br)oc3C=CN12. The van der Waals surface area contributed by atoms with Crippen LogP contribution in [0.4, 0.5) is 0 Å². The van der Waals surface area contributed by atoms with Gasteiger partial charge in [-0.15, -0.1) is 0 Å². The number of nitrogens with zero attached hydrogens (tertiary/aromatic N) is 2. The van der Waals surface area contributed by atoms with Crippen LogP contribution in [0, 0.1) is 0 Å². The van der Waals surface area contributed by atoms with Crippen molar-refractivity contribution in [2.24, 2.45) is 0 Å². The van der Waals surface area contributed by atoms with Gasteiger partial charge in [0.2, 0.25) is 0 Å². The first kappa shape index (κ1) is 14.8. The summed E-state index contributed by atoms with van der Waals surface area (Å²) in [6.07, 6.45) is 5.98. The van der Waals surface area contributed by atoms with Gasteiger partial charge in [-0.05, 0) is 44.0 Å². The van der Waals surface area contributed by atoms with E-state index in [0.717, 1.165) is 11.1 Å². The lowest BCUT2D eigenvalue weighted by atomic mass is 10.0. The van der Waals surface area contributed by atoms with Crippen LogP contribution in [-0.2, 0) is 4.79 Å². The van der Waals surface area contributed by atoms with E-state index < -0.39 is 6.23 Å². The fraction of sp³-hybridized carbons (Fsp3) is 0.0556. The number of amides is 1. The number of rotatable bonds is 0. The van der Waals surface area contributed by atoms with Crippen molar-refractivity contribution < 1.29 is 18.7 Å². The predicted octanol–water partition coefficient (Wildman–Crippen LogP) is 3.96. The van der Waals surface area contributed by atoms with Crippen molar-refractivity contribution in [1.29, 1.82) is 0 Å². The van der Waals surface area contributed by atoms with Crippen molar-refractivity contribution in [2.45, 2.75) is 6.23 Å². The fourth-order valence-corrected chi connectivity index (χ4v) is 4.77. The lowest BCUT2D eigenvalue weighted by Crippen LogP contribution is -2.29. The Balaban J connectivity index is 1.69. The zero-order chi connectivity index (χ0) is 17.7. The van der Waals surface area contributed by atoms with Crippen LogP contribution in [0.2, 0.25) is 0 Å². The number of hydrogen-bond donors (Lipinski definition) is 1. The molecule has 1 atom stereocenters. The third-order valence-corrected chi connectivity index (χ3v) is 5.73. The first-order valence-corrected chi connectivity index (χ1v) is 9.38. The topological polar surface area (TPSA) is 70.1 Å². The highest BCUT2D eigenvalue weighted by Gasteiger charge is 2.50. The molecule has 6 nitrogen and oxygen atoms in total. The molecule has 0 spiro atoms. The van der Waals surface area contributed by atoms with E-state index in [0.29, 0.717) is 43.4 Å². The van der Waals surface area contributed by atoms with Gasteiger partial charge < -0.3 is 18.8 Å². The third-order valence-electron chi connectivity index (χ3n) is 4.95. The maximum Gasteiger partial charge on any atom is 0.265 e. The second kappa shape index (κ2) is 4.70. The van der Waals surface area contributed by atoms with Gasteiger partial charge in [0.25, 0.3) is 5.91 Å². The summed E-state index contributed by atoms with van der Waals surface area (Å²) in [5.74, 6) is 1.12. The number of hydrogen-bond acceptors (Lipinski definition) is 5. The lowest BCUT2D eigenvalue weighted by molar-refractivity contribution is -0.121. The van der Waals surface area contributed by atoms with Crippen molar-refractivity contribution in [1.82, 2.24) is 9.80 Å². The van der Waals surface area contributed by atoms with Gasteiger partial charge in [0.05, 0.1) is 17.0 Å². The Kier molecular flexibility index (Phi) is 2.68. The second-order valence-electron chi connectivity index (χ2n) is 6.23. The van der Waals surface area contributed by atoms with E-state index in [1.807, 2.05) is 12.1 Å². The summed E-state index contributed by atoms with van der Waals surface area (Å²) in [7, 11) is 0. The van der Waals surface area contributed by atoms with Crippen LogP contribution in [-0.4, -0.2) is 27.0 Å². The van der Waals surface area contributed by atoms with Gasteiger partial charge in [-0.1, -0.05) is 0 Å². The Bertz CT molecular complexity index is 1160. The molecule has 6 rings (SSSR count). The van der Waals surface area contributed by atoms with E-state index >= 15 is 0 Å². The normalized spacial score (nSPS) is 22.1. The van der Waals surface area contributed by atoms with Crippen molar-refractivity contribution in [2.75, 3.05) is 0 Å². The van der Waals surface area contributed by atoms with Gasteiger partial charge in [-0.25, -0.2) is 0 Å². The first-order chi connectivity index (χ1) is 12.5. The van der Waals surface area contributed by atoms with Crippen molar-refractivity contribution >= 4 is 61.3 Å². The van der Waals surface area contributed by atoms with Gasteiger partial charge >= 0.3 is 0 Å². The van der Waals surface area contributed by atoms with Crippen LogP contribution < -0.4 is 0 Å². The number of halogens is 2. The number of aliphatic hydroxyl groups is 1. The summed E-state index contributed by atoms with van der Waals surface area (Å²) in [5, 5.41) is 11.0. The molecule has 0 radical (unpaired) electrons. The average molecular weight is 476 g/mol. The van der Waals surface area contributed by atoms with E-state index in [1.165, 1.54) is 0 Å². The maximum atomic E-state index is 13.2. The smallest absolute Gasteiger partial charge is 0.265 e. The minimum atomic E-state index is -0.963. The molecule has 6 heterocycles. The molecule has 128 valence electrons. The molecule has 0 fully saturated rings. The highest BCUT2D eigenvalue weighted by atomic mass is 79.9. The molecule has 0 saturated carbocycles. The van der Waals surface area contributed by atoms with Gasteiger partial charge in [-0.2, -0.15) is 0 Å². The Morgan fingerprint density at radius 1 is 0.962 bits per heavy atom. The Morgan fingerprint density at radius 3 is 2.27 bits per heavy atom. The monoisotopic (exact) mass is 474 g/mol. The van der Waals surface area contributed by atoms with Gasteiger partial charge in [-0.3, -0.25) is 9.69 Å². The van der Waals surface area contributed by atoms with Crippen molar-refractivity contribution in [3.05, 3.63) is 67.7 Å². The zero-order valence-corrected chi connectivity index (χ0v) is 16.0. The highest BCUT2D eigenvalue weighted by molar-refractivity contribution is 9.10. The van der Waals surface area contributed by atoms with E-state index in [9.17, 15) is 9.90 Å². The van der Waals surface area contributed by atoms with Crippen LogP contribution in [0.25, 0.3) is 23.5 Å². The molecule has 0 saturated heterocycles. The van der Waals surface area contributed by atoms with E-state index in [1.54, 1.807) is 34.4 Å². The van der Waals surface area contributed by atoms with Crippen LogP contribution in [0.15, 0.2) is 53.9 Å². The summed E-state index contributed by atoms with van der Waals surface area (Å²) in [4.78, 5) is 16.4. The number of carbonyl (C=O) groups is 1. The molecule has 1 N–H and O–H groups in total. The third kappa shape index (κ3) is 1.62. The lowest BCUT2D eigenvalue weighted by Gasteiger charge is -2.27. The average Bonchev–Trinajstić information content (AvgIpc) is 3.30. The van der Waals surface area contributed by atoms with Crippen LogP contribution in [0.3, 0.4) is 0 Å². The molecular formula is C18H8Br2N2O4. The Morgan fingerprint density at radius 2 is 1.58 bits per heavy atom. The van der Waals surface area contributed by atoms with Crippen LogP contribution in [0.5, 0.6) is 0 Å². The number of furan rings is 2. The maximum absolute atomic E-state index is 13.2. The minimum Gasteiger partial charge on any atom is -0.449 e. The zero-order valence-electron chi connectivity index (χ0n) is 12.9. The van der Waals surface area contributed by atoms with Gasteiger partial charge in [0.1, 0.15) is 11.5 Å². The van der Waals surface area contributed by atoms with E-state index in [-0.39, 0.29) is 5.91 Å². The Hall–Kier alpha value is -2.29. The summed E-state index contributed by atoms with van der Waals surface area (Å²) >= 11 is 6.67. The Labute approximate surface area is 163 Å². The largest absolute Gasteiger partial charge is 0.449 e. The standard InChI is InChI=1S/C18H8Br2N2O4/c19-11-5-7-9(25-11)1-3-21-15(7)13-14(17(21)23)16-8-6-12(20)26-10(8)2-4-22(16)18(13)24/h1-6,17,23H. The molecule has 26 heavy (non-hydrogen) atoms. The predicted molar refractivity (Wildman–Crippen MR) is 99.4 cm³/mol. The molecule has 8 heteroatoms. The molecule has 0 aromatic carbocycles. The highest BCUT2D eigenvalue weighted by Crippen LogP contribution is 2.52. The molecule has 0 aliphatic carbocycles. The molecule has 1 amide bonds. The number of carbonyl (C=O) groups excluding carboxylic acids is 1.